The highest BCUT2D eigenvalue weighted by Crippen LogP contribution is 2.11. The quantitative estimate of drug-likeness (QED) is 0.847. The molecule has 0 atom stereocenters. The van der Waals surface area contributed by atoms with Gasteiger partial charge in [-0.05, 0) is 30.2 Å². The zero-order valence-electron chi connectivity index (χ0n) is 15.2. The third-order valence-electron chi connectivity index (χ3n) is 4.76. The van der Waals surface area contributed by atoms with Crippen LogP contribution in [-0.4, -0.2) is 48.4 Å². The number of hydrogen-bond donors (Lipinski definition) is 1. The molecule has 0 bridgehead atoms. The van der Waals surface area contributed by atoms with Crippen molar-refractivity contribution in [3.63, 3.8) is 0 Å². The molecular formula is C21H26ClN3O. The molecule has 3 rings (SSSR count). The van der Waals surface area contributed by atoms with E-state index in [-0.39, 0.29) is 5.91 Å². The van der Waals surface area contributed by atoms with Crippen molar-refractivity contribution in [2.24, 2.45) is 0 Å². The van der Waals surface area contributed by atoms with E-state index in [9.17, 15) is 4.79 Å². The maximum atomic E-state index is 12.2. The summed E-state index contributed by atoms with van der Waals surface area (Å²) in [5, 5.41) is 3.70. The van der Waals surface area contributed by atoms with E-state index in [2.05, 4.69) is 46.3 Å². The molecule has 0 aliphatic carbocycles. The van der Waals surface area contributed by atoms with Crippen molar-refractivity contribution < 1.29 is 4.79 Å². The van der Waals surface area contributed by atoms with Gasteiger partial charge in [0.05, 0.1) is 6.54 Å². The Labute approximate surface area is 160 Å². The molecule has 0 aromatic heterocycles. The van der Waals surface area contributed by atoms with Crippen LogP contribution in [0.3, 0.4) is 0 Å². The summed E-state index contributed by atoms with van der Waals surface area (Å²) in [4.78, 5) is 16.8. The molecule has 1 saturated heterocycles. The number of aryl methyl sites for hydroxylation is 1. The second-order valence-corrected chi connectivity index (χ2v) is 7.38. The molecule has 0 unspecified atom stereocenters. The lowest BCUT2D eigenvalue weighted by atomic mass is 10.1. The number of rotatable bonds is 6. The Hall–Kier alpha value is -1.88. The van der Waals surface area contributed by atoms with E-state index in [0.717, 1.165) is 38.3 Å². The van der Waals surface area contributed by atoms with E-state index in [1.807, 2.05) is 24.3 Å². The van der Waals surface area contributed by atoms with Crippen LogP contribution in [0.2, 0.25) is 5.02 Å². The summed E-state index contributed by atoms with van der Waals surface area (Å²) in [6, 6.07) is 16.3. The number of carbonyl (C=O) groups is 1. The first-order valence-corrected chi connectivity index (χ1v) is 9.48. The molecule has 1 heterocycles. The summed E-state index contributed by atoms with van der Waals surface area (Å²) in [6.45, 7) is 7.96. The van der Waals surface area contributed by atoms with E-state index >= 15 is 0 Å². The van der Waals surface area contributed by atoms with Crippen molar-refractivity contribution in [1.29, 1.82) is 0 Å². The Bertz CT molecular complexity index is 707. The highest BCUT2D eigenvalue weighted by Gasteiger charge is 2.18. The Morgan fingerprint density at radius 1 is 0.923 bits per heavy atom. The van der Waals surface area contributed by atoms with Gasteiger partial charge in [0.1, 0.15) is 0 Å². The molecule has 4 nitrogen and oxygen atoms in total. The van der Waals surface area contributed by atoms with Crippen LogP contribution in [0.1, 0.15) is 16.7 Å². The number of nitrogens with zero attached hydrogens (tertiary/aromatic N) is 2. The fourth-order valence-electron chi connectivity index (χ4n) is 3.12. The molecule has 1 N–H and O–H groups in total. The van der Waals surface area contributed by atoms with Gasteiger partial charge in [0.15, 0.2) is 0 Å². The van der Waals surface area contributed by atoms with Gasteiger partial charge < -0.3 is 5.32 Å². The number of amides is 1. The minimum atomic E-state index is 0.0759. The lowest BCUT2D eigenvalue weighted by Gasteiger charge is -2.34. The summed E-state index contributed by atoms with van der Waals surface area (Å²) in [5.41, 5.74) is 3.71. The smallest absolute Gasteiger partial charge is 0.234 e. The molecule has 5 heteroatoms. The molecule has 1 fully saturated rings. The van der Waals surface area contributed by atoms with Gasteiger partial charge >= 0.3 is 0 Å². The van der Waals surface area contributed by atoms with Gasteiger partial charge in [-0.15, -0.1) is 0 Å². The lowest BCUT2D eigenvalue weighted by Crippen LogP contribution is -2.49. The third-order valence-corrected chi connectivity index (χ3v) is 5.01. The first-order chi connectivity index (χ1) is 12.6. The van der Waals surface area contributed by atoms with Crippen molar-refractivity contribution in [1.82, 2.24) is 15.1 Å². The molecule has 0 spiro atoms. The van der Waals surface area contributed by atoms with Crippen LogP contribution >= 0.6 is 11.6 Å². The number of nitrogens with one attached hydrogen (secondary N) is 1. The van der Waals surface area contributed by atoms with Crippen LogP contribution < -0.4 is 5.32 Å². The average molecular weight is 372 g/mol. The second kappa shape index (κ2) is 9.17. The number of benzene rings is 2. The number of carbonyl (C=O) groups excluding carboxylic acids is 1. The molecule has 2 aromatic rings. The minimum Gasteiger partial charge on any atom is -0.351 e. The molecular weight excluding hydrogens is 346 g/mol. The molecule has 26 heavy (non-hydrogen) atoms. The van der Waals surface area contributed by atoms with Crippen LogP contribution in [0.15, 0.2) is 48.5 Å². The maximum absolute atomic E-state index is 12.2. The summed E-state index contributed by atoms with van der Waals surface area (Å²) >= 11 is 5.87. The molecule has 1 amide bonds. The Balaban J connectivity index is 1.37. The molecule has 138 valence electrons. The van der Waals surface area contributed by atoms with Gasteiger partial charge in [-0.1, -0.05) is 53.6 Å². The van der Waals surface area contributed by atoms with Crippen molar-refractivity contribution >= 4 is 17.5 Å². The topological polar surface area (TPSA) is 35.6 Å². The van der Waals surface area contributed by atoms with Gasteiger partial charge in [-0.3, -0.25) is 14.6 Å². The van der Waals surface area contributed by atoms with Crippen molar-refractivity contribution in [3.05, 3.63) is 70.2 Å². The Kier molecular flexibility index (Phi) is 6.67. The Morgan fingerprint density at radius 3 is 2.15 bits per heavy atom. The van der Waals surface area contributed by atoms with Crippen LogP contribution in [0.25, 0.3) is 0 Å². The fourth-order valence-corrected chi connectivity index (χ4v) is 3.25. The summed E-state index contributed by atoms with van der Waals surface area (Å²) in [5.74, 6) is 0.0759. The standard InChI is InChI=1S/C21H26ClN3O/c1-17-2-4-19(5-3-17)15-24-10-12-25(13-11-24)16-21(26)23-14-18-6-8-20(22)9-7-18/h2-9H,10-16H2,1H3,(H,23,26). The minimum absolute atomic E-state index is 0.0759. The molecule has 0 saturated carbocycles. The second-order valence-electron chi connectivity index (χ2n) is 6.94. The van der Waals surface area contributed by atoms with Crippen molar-refractivity contribution in [2.45, 2.75) is 20.0 Å². The maximum Gasteiger partial charge on any atom is 0.234 e. The first-order valence-electron chi connectivity index (χ1n) is 9.10. The van der Waals surface area contributed by atoms with E-state index in [4.69, 9.17) is 11.6 Å². The summed E-state index contributed by atoms with van der Waals surface area (Å²) in [6.07, 6.45) is 0. The normalized spacial score (nSPS) is 15.8. The first kappa shape index (κ1) is 18.9. The number of halogens is 1. The lowest BCUT2D eigenvalue weighted by molar-refractivity contribution is -0.122. The Morgan fingerprint density at radius 2 is 1.50 bits per heavy atom. The van der Waals surface area contributed by atoms with E-state index in [0.29, 0.717) is 18.1 Å². The van der Waals surface area contributed by atoms with Crippen LogP contribution in [0, 0.1) is 6.92 Å². The van der Waals surface area contributed by atoms with Gasteiger partial charge in [0, 0.05) is 44.3 Å². The SMILES string of the molecule is Cc1ccc(CN2CCN(CC(=O)NCc3ccc(Cl)cc3)CC2)cc1. The van der Waals surface area contributed by atoms with Crippen LogP contribution in [0.4, 0.5) is 0 Å². The molecule has 1 aliphatic heterocycles. The average Bonchev–Trinajstić information content (AvgIpc) is 2.65. The van der Waals surface area contributed by atoms with Gasteiger partial charge in [0.2, 0.25) is 5.91 Å². The largest absolute Gasteiger partial charge is 0.351 e. The van der Waals surface area contributed by atoms with E-state index in [1.54, 1.807) is 0 Å². The molecule has 2 aromatic carbocycles. The highest BCUT2D eigenvalue weighted by atomic mass is 35.5. The zero-order valence-corrected chi connectivity index (χ0v) is 16.0. The zero-order chi connectivity index (χ0) is 18.4. The molecule has 0 radical (unpaired) electrons. The monoisotopic (exact) mass is 371 g/mol. The van der Waals surface area contributed by atoms with E-state index < -0.39 is 0 Å². The summed E-state index contributed by atoms with van der Waals surface area (Å²) < 4.78 is 0. The van der Waals surface area contributed by atoms with Gasteiger partial charge in [-0.25, -0.2) is 0 Å². The van der Waals surface area contributed by atoms with Crippen molar-refractivity contribution in [2.75, 3.05) is 32.7 Å². The van der Waals surface area contributed by atoms with Crippen molar-refractivity contribution in [3.8, 4) is 0 Å². The fraction of sp³-hybridized carbons (Fsp3) is 0.381. The van der Waals surface area contributed by atoms with Gasteiger partial charge in [-0.2, -0.15) is 0 Å². The third kappa shape index (κ3) is 5.84. The number of piperazine rings is 1. The predicted molar refractivity (Wildman–Crippen MR) is 106 cm³/mol. The van der Waals surface area contributed by atoms with E-state index in [1.165, 1.54) is 11.1 Å². The van der Waals surface area contributed by atoms with Crippen LogP contribution in [0.5, 0.6) is 0 Å². The van der Waals surface area contributed by atoms with Gasteiger partial charge in [0.25, 0.3) is 0 Å². The molecule has 1 aliphatic rings. The highest BCUT2D eigenvalue weighted by molar-refractivity contribution is 6.30. The van der Waals surface area contributed by atoms with Crippen LogP contribution in [-0.2, 0) is 17.9 Å². The summed E-state index contributed by atoms with van der Waals surface area (Å²) in [7, 11) is 0. The number of hydrogen-bond acceptors (Lipinski definition) is 3. The predicted octanol–water partition coefficient (Wildman–Crippen LogP) is 3.08.